The monoisotopic (exact) mass is 332 g/mol. The van der Waals surface area contributed by atoms with Crippen LogP contribution < -0.4 is 10.6 Å². The predicted molar refractivity (Wildman–Crippen MR) is 90.7 cm³/mol. The number of amides is 2. The van der Waals surface area contributed by atoms with E-state index in [1.165, 1.54) is 0 Å². The van der Waals surface area contributed by atoms with Crippen molar-refractivity contribution in [2.75, 3.05) is 5.32 Å². The standard InChI is InChI=1S/C18H24N2O4/c1-11(2)8-15(18(23)24)20-16(21)5-3-4-12-6-7-14-13(9-12)10-17(22)19-14/h6-7,9,11,15H,3-5,8,10H2,1-2H3,(H,19,22)(H,20,21)(H,23,24)/t15-/m1/s1. The van der Waals surface area contributed by atoms with Gasteiger partial charge in [-0.05, 0) is 42.4 Å². The highest BCUT2D eigenvalue weighted by Crippen LogP contribution is 2.24. The molecule has 2 amide bonds. The number of anilines is 1. The van der Waals surface area contributed by atoms with Crippen molar-refractivity contribution >= 4 is 23.5 Å². The Morgan fingerprint density at radius 2 is 2.08 bits per heavy atom. The molecule has 0 radical (unpaired) electrons. The van der Waals surface area contributed by atoms with Gasteiger partial charge in [0.25, 0.3) is 0 Å². The molecule has 1 aliphatic rings. The molecule has 1 aromatic carbocycles. The Balaban J connectivity index is 1.79. The highest BCUT2D eigenvalue weighted by molar-refractivity contribution is 5.99. The molecule has 6 nitrogen and oxygen atoms in total. The third-order valence-electron chi connectivity index (χ3n) is 4.00. The second-order valence-electron chi connectivity index (χ2n) is 6.66. The third kappa shape index (κ3) is 5.08. The number of benzene rings is 1. The van der Waals surface area contributed by atoms with E-state index in [2.05, 4.69) is 10.6 Å². The molecule has 1 aliphatic heterocycles. The molecule has 0 spiro atoms. The lowest BCUT2D eigenvalue weighted by Gasteiger charge is -2.16. The minimum Gasteiger partial charge on any atom is -0.480 e. The van der Waals surface area contributed by atoms with Crippen LogP contribution in [0.2, 0.25) is 0 Å². The summed E-state index contributed by atoms with van der Waals surface area (Å²) in [5.74, 6) is -1.02. The van der Waals surface area contributed by atoms with E-state index in [-0.39, 0.29) is 24.2 Å². The van der Waals surface area contributed by atoms with Crippen molar-refractivity contribution in [3.05, 3.63) is 29.3 Å². The predicted octanol–water partition coefficient (Wildman–Crippen LogP) is 2.12. The van der Waals surface area contributed by atoms with Crippen molar-refractivity contribution in [1.82, 2.24) is 5.32 Å². The molecule has 0 bridgehead atoms. The zero-order valence-electron chi connectivity index (χ0n) is 14.1. The minimum atomic E-state index is -0.993. The normalized spacial score (nSPS) is 14.2. The fraction of sp³-hybridized carbons (Fsp3) is 0.500. The van der Waals surface area contributed by atoms with Gasteiger partial charge in [-0.25, -0.2) is 4.79 Å². The maximum Gasteiger partial charge on any atom is 0.326 e. The van der Waals surface area contributed by atoms with Crippen LogP contribution in [0.1, 0.15) is 44.2 Å². The van der Waals surface area contributed by atoms with Crippen LogP contribution >= 0.6 is 0 Å². The first-order valence-corrected chi connectivity index (χ1v) is 8.29. The van der Waals surface area contributed by atoms with Gasteiger partial charge in [0.2, 0.25) is 11.8 Å². The van der Waals surface area contributed by atoms with Gasteiger partial charge in [0.1, 0.15) is 6.04 Å². The first-order valence-electron chi connectivity index (χ1n) is 8.29. The molecule has 0 aromatic heterocycles. The van der Waals surface area contributed by atoms with Gasteiger partial charge < -0.3 is 15.7 Å². The second-order valence-corrected chi connectivity index (χ2v) is 6.66. The summed E-state index contributed by atoms with van der Waals surface area (Å²) in [6.07, 6.45) is 2.47. The van der Waals surface area contributed by atoms with E-state index < -0.39 is 12.0 Å². The summed E-state index contributed by atoms with van der Waals surface area (Å²) in [7, 11) is 0. The fourth-order valence-corrected chi connectivity index (χ4v) is 2.85. The van der Waals surface area contributed by atoms with Gasteiger partial charge in [0, 0.05) is 12.1 Å². The molecule has 0 fully saturated rings. The van der Waals surface area contributed by atoms with Crippen molar-refractivity contribution in [3.8, 4) is 0 Å². The van der Waals surface area contributed by atoms with Crippen LogP contribution in [-0.4, -0.2) is 28.9 Å². The number of carbonyl (C=O) groups excluding carboxylic acids is 2. The minimum absolute atomic E-state index is 0.00592. The molecule has 24 heavy (non-hydrogen) atoms. The first-order chi connectivity index (χ1) is 11.3. The Morgan fingerprint density at radius 1 is 1.33 bits per heavy atom. The fourth-order valence-electron chi connectivity index (χ4n) is 2.85. The number of rotatable bonds is 8. The summed E-state index contributed by atoms with van der Waals surface area (Å²) in [6, 6.07) is 5.00. The van der Waals surface area contributed by atoms with Crippen LogP contribution in [0.3, 0.4) is 0 Å². The van der Waals surface area contributed by atoms with Gasteiger partial charge in [-0.15, -0.1) is 0 Å². The Kier molecular flexibility index (Phi) is 5.95. The number of fused-ring (bicyclic) bond motifs is 1. The topological polar surface area (TPSA) is 95.5 Å². The van der Waals surface area contributed by atoms with Gasteiger partial charge in [-0.3, -0.25) is 9.59 Å². The zero-order chi connectivity index (χ0) is 17.7. The van der Waals surface area contributed by atoms with E-state index in [0.29, 0.717) is 19.3 Å². The quantitative estimate of drug-likeness (QED) is 0.679. The van der Waals surface area contributed by atoms with Gasteiger partial charge in [0.05, 0.1) is 6.42 Å². The van der Waals surface area contributed by atoms with Crippen molar-refractivity contribution in [2.45, 2.75) is 52.0 Å². The van der Waals surface area contributed by atoms with E-state index in [1.54, 1.807) is 0 Å². The third-order valence-corrected chi connectivity index (χ3v) is 4.00. The van der Waals surface area contributed by atoms with Gasteiger partial charge in [-0.2, -0.15) is 0 Å². The van der Waals surface area contributed by atoms with E-state index >= 15 is 0 Å². The first kappa shape index (κ1) is 18.0. The average Bonchev–Trinajstić information content (AvgIpc) is 2.85. The van der Waals surface area contributed by atoms with Crippen molar-refractivity contribution in [3.63, 3.8) is 0 Å². The number of hydrogen-bond acceptors (Lipinski definition) is 3. The van der Waals surface area contributed by atoms with Crippen LogP contribution in [0, 0.1) is 5.92 Å². The molecular weight excluding hydrogens is 308 g/mol. The molecule has 0 saturated heterocycles. The van der Waals surface area contributed by atoms with Crippen molar-refractivity contribution in [2.24, 2.45) is 5.92 Å². The molecule has 0 saturated carbocycles. The van der Waals surface area contributed by atoms with Crippen molar-refractivity contribution < 1.29 is 19.5 Å². The summed E-state index contributed by atoms with van der Waals surface area (Å²) in [5.41, 5.74) is 2.93. The molecule has 3 N–H and O–H groups in total. The van der Waals surface area contributed by atoms with Crippen LogP contribution in [0.25, 0.3) is 0 Å². The Bertz CT molecular complexity index is 640. The lowest BCUT2D eigenvalue weighted by molar-refractivity contribution is -0.142. The Labute approximate surface area is 141 Å². The number of nitrogens with one attached hydrogen (secondary N) is 2. The van der Waals surface area contributed by atoms with Crippen LogP contribution in [0.5, 0.6) is 0 Å². The van der Waals surface area contributed by atoms with Gasteiger partial charge >= 0.3 is 5.97 Å². The van der Waals surface area contributed by atoms with Gasteiger partial charge in [0.15, 0.2) is 0 Å². The highest BCUT2D eigenvalue weighted by Gasteiger charge is 2.21. The molecule has 1 aromatic rings. The highest BCUT2D eigenvalue weighted by atomic mass is 16.4. The van der Waals surface area contributed by atoms with Gasteiger partial charge in [-0.1, -0.05) is 26.0 Å². The molecule has 1 atom stereocenters. The van der Waals surface area contributed by atoms with Crippen molar-refractivity contribution in [1.29, 1.82) is 0 Å². The van der Waals surface area contributed by atoms with Crippen LogP contribution in [-0.2, 0) is 27.2 Å². The molecule has 2 rings (SSSR count). The maximum absolute atomic E-state index is 11.9. The molecule has 0 unspecified atom stereocenters. The van der Waals surface area contributed by atoms with E-state index in [0.717, 1.165) is 23.2 Å². The molecular formula is C18H24N2O4. The van der Waals surface area contributed by atoms with Crippen LogP contribution in [0.4, 0.5) is 5.69 Å². The lowest BCUT2D eigenvalue weighted by Crippen LogP contribution is -2.41. The molecule has 6 heteroatoms. The average molecular weight is 332 g/mol. The summed E-state index contributed by atoms with van der Waals surface area (Å²) >= 11 is 0. The second kappa shape index (κ2) is 7.95. The summed E-state index contributed by atoms with van der Waals surface area (Å²) in [5, 5.41) is 14.5. The smallest absolute Gasteiger partial charge is 0.326 e. The summed E-state index contributed by atoms with van der Waals surface area (Å²) in [6.45, 7) is 3.85. The lowest BCUT2D eigenvalue weighted by atomic mass is 10.0. The number of aryl methyl sites for hydroxylation is 1. The number of carboxylic acids is 1. The number of aliphatic carboxylic acids is 1. The zero-order valence-corrected chi connectivity index (χ0v) is 14.1. The summed E-state index contributed by atoms with van der Waals surface area (Å²) in [4.78, 5) is 34.4. The number of hydrogen-bond donors (Lipinski definition) is 3. The van der Waals surface area contributed by atoms with Crippen LogP contribution in [0.15, 0.2) is 18.2 Å². The molecule has 130 valence electrons. The molecule has 0 aliphatic carbocycles. The number of carbonyl (C=O) groups is 3. The van der Waals surface area contributed by atoms with E-state index in [9.17, 15) is 14.4 Å². The van der Waals surface area contributed by atoms with E-state index in [1.807, 2.05) is 32.0 Å². The SMILES string of the molecule is CC(C)C[C@@H](NC(=O)CCCc1ccc2c(c1)CC(=O)N2)C(=O)O. The Hall–Kier alpha value is -2.37. The molecule has 1 heterocycles. The van der Waals surface area contributed by atoms with E-state index in [4.69, 9.17) is 5.11 Å². The summed E-state index contributed by atoms with van der Waals surface area (Å²) < 4.78 is 0. The largest absolute Gasteiger partial charge is 0.480 e. The maximum atomic E-state index is 11.9. The number of carboxylic acid groups (broad SMARTS) is 1. The Morgan fingerprint density at radius 3 is 2.75 bits per heavy atom.